The largest absolute Gasteiger partial charge is 0.444 e. The molecular formula is C14H20F2N2O3. The first-order valence-corrected chi connectivity index (χ1v) is 6.45. The quantitative estimate of drug-likeness (QED) is 0.877. The van der Waals surface area contributed by atoms with Gasteiger partial charge in [-0.25, -0.2) is 4.79 Å². The van der Waals surface area contributed by atoms with Gasteiger partial charge in [-0.1, -0.05) is 12.1 Å². The number of alkyl carbamates (subject to hydrolysis) is 1. The zero-order valence-corrected chi connectivity index (χ0v) is 12.2. The van der Waals surface area contributed by atoms with Crippen molar-refractivity contribution in [3.8, 4) is 5.75 Å². The van der Waals surface area contributed by atoms with Crippen molar-refractivity contribution >= 4 is 6.09 Å². The Morgan fingerprint density at radius 1 is 1.29 bits per heavy atom. The van der Waals surface area contributed by atoms with Crippen molar-refractivity contribution in [3.05, 3.63) is 29.8 Å². The highest BCUT2D eigenvalue weighted by Crippen LogP contribution is 2.19. The first-order valence-electron chi connectivity index (χ1n) is 6.45. The summed E-state index contributed by atoms with van der Waals surface area (Å²) in [5.41, 5.74) is 5.67. The molecule has 1 atom stereocenters. The van der Waals surface area contributed by atoms with Crippen LogP contribution in [0.3, 0.4) is 0 Å². The van der Waals surface area contributed by atoms with Crippen LogP contribution in [0.4, 0.5) is 13.6 Å². The van der Waals surface area contributed by atoms with Crippen molar-refractivity contribution in [2.24, 2.45) is 5.73 Å². The smallest absolute Gasteiger partial charge is 0.408 e. The number of benzene rings is 1. The van der Waals surface area contributed by atoms with E-state index in [4.69, 9.17) is 10.5 Å². The molecule has 5 nitrogen and oxygen atoms in total. The number of carbonyl (C=O) groups excluding carboxylic acids is 1. The Hall–Kier alpha value is -1.89. The van der Waals surface area contributed by atoms with Crippen molar-refractivity contribution < 1.29 is 23.0 Å². The molecule has 0 saturated heterocycles. The minimum absolute atomic E-state index is 0.0433. The number of rotatable bonds is 5. The van der Waals surface area contributed by atoms with Gasteiger partial charge in [0.2, 0.25) is 0 Å². The van der Waals surface area contributed by atoms with Gasteiger partial charge in [-0.3, -0.25) is 0 Å². The van der Waals surface area contributed by atoms with Crippen LogP contribution in [0.1, 0.15) is 32.4 Å². The summed E-state index contributed by atoms with van der Waals surface area (Å²) in [6.07, 6.45) is -0.592. The third-order valence-corrected chi connectivity index (χ3v) is 2.43. The Morgan fingerprint density at radius 3 is 2.29 bits per heavy atom. The summed E-state index contributed by atoms with van der Waals surface area (Å²) in [5, 5.41) is 2.62. The lowest BCUT2D eigenvalue weighted by Crippen LogP contribution is -2.37. The van der Waals surface area contributed by atoms with Gasteiger partial charge in [0.1, 0.15) is 11.4 Å². The maximum atomic E-state index is 12.1. The maximum Gasteiger partial charge on any atom is 0.408 e. The van der Waals surface area contributed by atoms with Gasteiger partial charge in [0, 0.05) is 6.54 Å². The number of alkyl halides is 2. The third-order valence-electron chi connectivity index (χ3n) is 2.43. The van der Waals surface area contributed by atoms with Crippen LogP contribution in [0, 0.1) is 0 Å². The van der Waals surface area contributed by atoms with E-state index in [-0.39, 0.29) is 12.3 Å². The summed E-state index contributed by atoms with van der Waals surface area (Å²) < 4.78 is 33.5. The summed E-state index contributed by atoms with van der Waals surface area (Å²) in [6, 6.07) is 5.43. The minimum Gasteiger partial charge on any atom is -0.444 e. The molecule has 0 radical (unpaired) electrons. The van der Waals surface area contributed by atoms with E-state index in [1.807, 2.05) is 0 Å². The molecule has 0 aliphatic carbocycles. The Balaban J connectivity index is 2.69. The van der Waals surface area contributed by atoms with Gasteiger partial charge in [0.05, 0.1) is 6.04 Å². The fraction of sp³-hybridized carbons (Fsp3) is 0.500. The van der Waals surface area contributed by atoms with E-state index >= 15 is 0 Å². The highest BCUT2D eigenvalue weighted by molar-refractivity contribution is 5.68. The molecule has 118 valence electrons. The van der Waals surface area contributed by atoms with Gasteiger partial charge in [-0.2, -0.15) is 8.78 Å². The molecule has 1 amide bonds. The van der Waals surface area contributed by atoms with Gasteiger partial charge in [0.15, 0.2) is 0 Å². The normalized spacial score (nSPS) is 12.9. The maximum absolute atomic E-state index is 12.1. The second-order valence-electron chi connectivity index (χ2n) is 5.38. The molecule has 0 heterocycles. The molecule has 1 aromatic rings. The molecule has 0 bridgehead atoms. The van der Waals surface area contributed by atoms with Crippen LogP contribution >= 0.6 is 0 Å². The number of nitrogens with two attached hydrogens (primary N) is 1. The molecule has 1 unspecified atom stereocenters. The number of nitrogens with one attached hydrogen (secondary N) is 1. The van der Waals surface area contributed by atoms with Gasteiger partial charge in [-0.15, -0.1) is 0 Å². The molecule has 0 aliphatic heterocycles. The Labute approximate surface area is 122 Å². The molecule has 1 aromatic carbocycles. The monoisotopic (exact) mass is 302 g/mol. The molecule has 0 fully saturated rings. The van der Waals surface area contributed by atoms with Crippen LogP contribution < -0.4 is 15.8 Å². The fourth-order valence-corrected chi connectivity index (χ4v) is 1.61. The standard InChI is InChI=1S/C14H20F2N2O3/c1-14(2,3)21-13(19)18-11(8-17)9-4-6-10(7-5-9)20-12(15)16/h4-7,11-12H,8,17H2,1-3H3,(H,18,19). The molecular weight excluding hydrogens is 282 g/mol. The summed E-state index contributed by atoms with van der Waals surface area (Å²) in [7, 11) is 0. The van der Waals surface area contributed by atoms with Crippen molar-refractivity contribution in [1.82, 2.24) is 5.32 Å². The summed E-state index contributed by atoms with van der Waals surface area (Å²) in [4.78, 5) is 11.7. The van der Waals surface area contributed by atoms with Crippen LogP contribution in [0.5, 0.6) is 5.75 Å². The van der Waals surface area contributed by atoms with Gasteiger partial charge in [0.25, 0.3) is 0 Å². The lowest BCUT2D eigenvalue weighted by molar-refractivity contribution is -0.0498. The Morgan fingerprint density at radius 2 is 1.86 bits per heavy atom. The SMILES string of the molecule is CC(C)(C)OC(=O)NC(CN)c1ccc(OC(F)F)cc1. The molecule has 1 rings (SSSR count). The zero-order valence-electron chi connectivity index (χ0n) is 12.2. The summed E-state index contributed by atoms with van der Waals surface area (Å²) >= 11 is 0. The van der Waals surface area contributed by atoms with E-state index in [0.717, 1.165) is 0 Å². The summed E-state index contributed by atoms with van der Waals surface area (Å²) in [6.45, 7) is 2.52. The van der Waals surface area contributed by atoms with E-state index in [0.29, 0.717) is 5.56 Å². The van der Waals surface area contributed by atoms with E-state index in [1.165, 1.54) is 12.1 Å². The topological polar surface area (TPSA) is 73.6 Å². The molecule has 0 saturated carbocycles. The minimum atomic E-state index is -2.87. The van der Waals surface area contributed by atoms with Gasteiger partial charge >= 0.3 is 12.7 Å². The number of hydrogen-bond acceptors (Lipinski definition) is 4. The second-order valence-corrected chi connectivity index (χ2v) is 5.38. The van der Waals surface area contributed by atoms with Gasteiger partial charge in [-0.05, 0) is 38.5 Å². The van der Waals surface area contributed by atoms with Crippen LogP contribution in [-0.4, -0.2) is 24.9 Å². The second kappa shape index (κ2) is 7.21. The lowest BCUT2D eigenvalue weighted by atomic mass is 10.1. The number of hydrogen-bond donors (Lipinski definition) is 2. The highest BCUT2D eigenvalue weighted by Gasteiger charge is 2.19. The predicted molar refractivity (Wildman–Crippen MR) is 74.2 cm³/mol. The van der Waals surface area contributed by atoms with E-state index < -0.39 is 24.3 Å². The number of ether oxygens (including phenoxy) is 2. The molecule has 21 heavy (non-hydrogen) atoms. The van der Waals surface area contributed by atoms with Crippen molar-refractivity contribution in [3.63, 3.8) is 0 Å². The van der Waals surface area contributed by atoms with Crippen LogP contribution in [0.15, 0.2) is 24.3 Å². The number of halogens is 2. The lowest BCUT2D eigenvalue weighted by Gasteiger charge is -2.23. The van der Waals surface area contributed by atoms with Crippen LogP contribution in [-0.2, 0) is 4.74 Å². The Bertz CT molecular complexity index is 458. The van der Waals surface area contributed by atoms with E-state index in [1.54, 1.807) is 32.9 Å². The molecule has 3 N–H and O–H groups in total. The Kier molecular flexibility index (Phi) is 5.90. The zero-order chi connectivity index (χ0) is 16.0. The third kappa shape index (κ3) is 6.40. The van der Waals surface area contributed by atoms with Crippen molar-refractivity contribution in [1.29, 1.82) is 0 Å². The first-order chi connectivity index (χ1) is 9.71. The highest BCUT2D eigenvalue weighted by atomic mass is 19.3. The molecule has 0 spiro atoms. The van der Waals surface area contributed by atoms with Gasteiger partial charge < -0.3 is 20.5 Å². The predicted octanol–water partition coefficient (Wildman–Crippen LogP) is 2.81. The number of carbonyl (C=O) groups is 1. The van der Waals surface area contributed by atoms with E-state index in [2.05, 4.69) is 10.1 Å². The average molecular weight is 302 g/mol. The fourth-order valence-electron chi connectivity index (χ4n) is 1.61. The number of amides is 1. The van der Waals surface area contributed by atoms with Crippen LogP contribution in [0.2, 0.25) is 0 Å². The molecule has 0 aromatic heterocycles. The van der Waals surface area contributed by atoms with Crippen molar-refractivity contribution in [2.45, 2.75) is 39.0 Å². The molecule has 7 heteroatoms. The first kappa shape index (κ1) is 17.2. The van der Waals surface area contributed by atoms with E-state index in [9.17, 15) is 13.6 Å². The van der Waals surface area contributed by atoms with Crippen molar-refractivity contribution in [2.75, 3.05) is 6.54 Å². The molecule has 0 aliphatic rings. The summed E-state index contributed by atoms with van der Waals surface area (Å²) in [5.74, 6) is 0.0433. The van der Waals surface area contributed by atoms with Crippen LogP contribution in [0.25, 0.3) is 0 Å². The average Bonchev–Trinajstić information content (AvgIpc) is 2.34.